The summed E-state index contributed by atoms with van der Waals surface area (Å²) < 4.78 is 5.00. The zero-order chi connectivity index (χ0) is 9.57. The molecule has 0 heterocycles. The molecule has 0 fully saturated rings. The van der Waals surface area contributed by atoms with Gasteiger partial charge in [0.05, 0.1) is 6.61 Å². The third-order valence-corrected chi connectivity index (χ3v) is 3.60. The summed E-state index contributed by atoms with van der Waals surface area (Å²) in [6.07, 6.45) is 8.65. The summed E-state index contributed by atoms with van der Waals surface area (Å²) in [5.41, 5.74) is 0.500. The Hall–Kier alpha value is 0.0500. The van der Waals surface area contributed by atoms with E-state index < -0.39 is 0 Å². The fourth-order valence-corrected chi connectivity index (χ4v) is 2.72. The quantitative estimate of drug-likeness (QED) is 0.481. The van der Waals surface area contributed by atoms with Gasteiger partial charge in [-0.25, -0.2) is 0 Å². The molecule has 1 rings (SSSR count). The van der Waals surface area contributed by atoms with Crippen molar-refractivity contribution in [3.05, 3.63) is 12.2 Å². The zero-order valence-electron chi connectivity index (χ0n) is 8.71. The molecule has 2 heteroatoms. The first-order valence-corrected chi connectivity index (χ1v) is 6.17. The molecule has 13 heavy (non-hydrogen) atoms. The Morgan fingerprint density at radius 1 is 1.46 bits per heavy atom. The van der Waals surface area contributed by atoms with E-state index >= 15 is 0 Å². The van der Waals surface area contributed by atoms with Gasteiger partial charge in [0.15, 0.2) is 0 Å². The molecule has 1 aliphatic carbocycles. The van der Waals surface area contributed by atoms with Gasteiger partial charge in [0.1, 0.15) is 0 Å². The van der Waals surface area contributed by atoms with Crippen molar-refractivity contribution >= 4 is 11.8 Å². The molecular formula is C11H20OS. The highest BCUT2D eigenvalue weighted by Crippen LogP contribution is 2.35. The van der Waals surface area contributed by atoms with Gasteiger partial charge in [0, 0.05) is 12.9 Å². The summed E-state index contributed by atoms with van der Waals surface area (Å²) in [5, 5.41) is 0. The molecule has 1 aliphatic rings. The minimum atomic E-state index is 0.500. The van der Waals surface area contributed by atoms with E-state index in [4.69, 9.17) is 4.74 Å². The summed E-state index contributed by atoms with van der Waals surface area (Å²) in [5.74, 6) is 2.40. The summed E-state index contributed by atoms with van der Waals surface area (Å²) in [6, 6.07) is 0. The Labute approximate surface area is 85.9 Å². The number of hydrogen-bond acceptors (Lipinski definition) is 2. The fourth-order valence-electron chi connectivity index (χ4n) is 1.62. The van der Waals surface area contributed by atoms with Crippen molar-refractivity contribution in [2.75, 3.05) is 25.2 Å². The van der Waals surface area contributed by atoms with Crippen LogP contribution in [0.2, 0.25) is 0 Å². The van der Waals surface area contributed by atoms with Crippen LogP contribution in [0.1, 0.15) is 26.2 Å². The highest BCUT2D eigenvalue weighted by molar-refractivity contribution is 7.99. The van der Waals surface area contributed by atoms with Crippen molar-refractivity contribution in [2.45, 2.75) is 26.2 Å². The topological polar surface area (TPSA) is 9.23 Å². The molecule has 1 nitrogen and oxygen atoms in total. The van der Waals surface area contributed by atoms with Crippen molar-refractivity contribution in [1.29, 1.82) is 0 Å². The van der Waals surface area contributed by atoms with Crippen LogP contribution in [0.25, 0.3) is 0 Å². The standard InChI is InChI=1S/C11H20OS/c1-11(5-3-4-6-11)7-9-13-10-8-12-2/h3,5H,4,6-10H2,1-2H3/t11-/m0/s1. The van der Waals surface area contributed by atoms with Gasteiger partial charge in [0.25, 0.3) is 0 Å². The molecule has 0 bridgehead atoms. The maximum atomic E-state index is 5.00. The van der Waals surface area contributed by atoms with Crippen LogP contribution in [0.5, 0.6) is 0 Å². The largest absolute Gasteiger partial charge is 0.384 e. The third-order valence-electron chi connectivity index (χ3n) is 2.65. The maximum absolute atomic E-state index is 5.00. The smallest absolute Gasteiger partial charge is 0.0552 e. The molecule has 0 unspecified atom stereocenters. The molecule has 0 spiro atoms. The first kappa shape index (κ1) is 11.1. The lowest BCUT2D eigenvalue weighted by molar-refractivity contribution is 0.218. The van der Waals surface area contributed by atoms with Crippen molar-refractivity contribution in [3.8, 4) is 0 Å². The number of allylic oxidation sites excluding steroid dienone is 2. The number of hydrogen-bond donors (Lipinski definition) is 0. The number of thioether (sulfide) groups is 1. The minimum absolute atomic E-state index is 0.500. The number of rotatable bonds is 6. The second-order valence-corrected chi connectivity index (χ2v) is 5.17. The van der Waals surface area contributed by atoms with Crippen molar-refractivity contribution in [2.24, 2.45) is 5.41 Å². The molecule has 0 N–H and O–H groups in total. The number of ether oxygens (including phenoxy) is 1. The van der Waals surface area contributed by atoms with E-state index in [1.165, 1.54) is 25.0 Å². The predicted octanol–water partition coefficient (Wildman–Crippen LogP) is 3.11. The van der Waals surface area contributed by atoms with E-state index in [2.05, 4.69) is 19.1 Å². The third kappa shape index (κ3) is 4.19. The normalized spacial score (nSPS) is 26.9. The van der Waals surface area contributed by atoms with Crippen molar-refractivity contribution in [3.63, 3.8) is 0 Å². The van der Waals surface area contributed by atoms with E-state index in [1.54, 1.807) is 7.11 Å². The second kappa shape index (κ2) is 5.71. The van der Waals surface area contributed by atoms with Crippen molar-refractivity contribution < 1.29 is 4.74 Å². The summed E-state index contributed by atoms with van der Waals surface area (Å²) in [7, 11) is 1.77. The van der Waals surface area contributed by atoms with Gasteiger partial charge >= 0.3 is 0 Å². The van der Waals surface area contributed by atoms with Crippen LogP contribution in [0.3, 0.4) is 0 Å². The van der Waals surface area contributed by atoms with Crippen LogP contribution in [-0.2, 0) is 4.74 Å². The average molecular weight is 200 g/mol. The molecule has 0 radical (unpaired) electrons. The molecule has 0 saturated heterocycles. The Bertz CT molecular complexity index is 167. The lowest BCUT2D eigenvalue weighted by Crippen LogP contribution is -2.10. The Morgan fingerprint density at radius 2 is 2.31 bits per heavy atom. The van der Waals surface area contributed by atoms with Gasteiger partial charge in [0.2, 0.25) is 0 Å². The maximum Gasteiger partial charge on any atom is 0.0552 e. The molecular weight excluding hydrogens is 180 g/mol. The Morgan fingerprint density at radius 3 is 2.92 bits per heavy atom. The van der Waals surface area contributed by atoms with Crippen molar-refractivity contribution in [1.82, 2.24) is 0 Å². The molecule has 0 aliphatic heterocycles. The summed E-state index contributed by atoms with van der Waals surface area (Å²) >= 11 is 2.00. The minimum Gasteiger partial charge on any atom is -0.384 e. The van der Waals surface area contributed by atoms with E-state index in [0.717, 1.165) is 12.4 Å². The molecule has 0 amide bonds. The van der Waals surface area contributed by atoms with Gasteiger partial charge in [-0.1, -0.05) is 19.1 Å². The van der Waals surface area contributed by atoms with E-state index in [9.17, 15) is 0 Å². The van der Waals surface area contributed by atoms with Crippen LogP contribution >= 0.6 is 11.8 Å². The van der Waals surface area contributed by atoms with Crippen LogP contribution in [0.15, 0.2) is 12.2 Å². The van der Waals surface area contributed by atoms with Crippen LogP contribution < -0.4 is 0 Å². The van der Waals surface area contributed by atoms with Crippen LogP contribution in [-0.4, -0.2) is 25.2 Å². The predicted molar refractivity (Wildman–Crippen MR) is 60.3 cm³/mol. The molecule has 0 aromatic rings. The molecule has 1 atom stereocenters. The van der Waals surface area contributed by atoms with Gasteiger partial charge in [-0.2, -0.15) is 11.8 Å². The van der Waals surface area contributed by atoms with Crippen LogP contribution in [0, 0.1) is 5.41 Å². The highest BCUT2D eigenvalue weighted by atomic mass is 32.2. The van der Waals surface area contributed by atoms with Crippen LogP contribution in [0.4, 0.5) is 0 Å². The molecule has 0 aromatic heterocycles. The molecule has 0 saturated carbocycles. The molecule has 0 aromatic carbocycles. The SMILES string of the molecule is COCCSCC[C@@]1(C)C=CCC1. The summed E-state index contributed by atoms with van der Waals surface area (Å²) in [6.45, 7) is 3.25. The zero-order valence-corrected chi connectivity index (χ0v) is 9.53. The van der Waals surface area contributed by atoms with Gasteiger partial charge in [-0.05, 0) is 30.4 Å². The van der Waals surface area contributed by atoms with E-state index in [-0.39, 0.29) is 0 Å². The fraction of sp³-hybridized carbons (Fsp3) is 0.818. The number of methoxy groups -OCH3 is 1. The van der Waals surface area contributed by atoms with Gasteiger partial charge in [-0.15, -0.1) is 0 Å². The monoisotopic (exact) mass is 200 g/mol. The Balaban J connectivity index is 2.02. The summed E-state index contributed by atoms with van der Waals surface area (Å²) in [4.78, 5) is 0. The first-order chi connectivity index (χ1) is 6.27. The lowest BCUT2D eigenvalue weighted by Gasteiger charge is -2.20. The lowest BCUT2D eigenvalue weighted by atomic mass is 9.87. The highest BCUT2D eigenvalue weighted by Gasteiger charge is 2.22. The van der Waals surface area contributed by atoms with Gasteiger partial charge < -0.3 is 4.74 Å². The van der Waals surface area contributed by atoms with E-state index in [1.807, 2.05) is 11.8 Å². The first-order valence-electron chi connectivity index (χ1n) is 5.01. The van der Waals surface area contributed by atoms with E-state index in [0.29, 0.717) is 5.41 Å². The Kier molecular flexibility index (Phi) is 4.89. The average Bonchev–Trinajstić information content (AvgIpc) is 2.53. The molecule has 76 valence electrons. The second-order valence-electron chi connectivity index (χ2n) is 3.95. The van der Waals surface area contributed by atoms with Gasteiger partial charge in [-0.3, -0.25) is 0 Å².